The third kappa shape index (κ3) is 3.17. The first kappa shape index (κ1) is 14.7. The fourth-order valence-corrected chi connectivity index (χ4v) is 2.96. The van der Waals surface area contributed by atoms with Crippen LogP contribution in [0.3, 0.4) is 0 Å². The van der Waals surface area contributed by atoms with Crippen molar-refractivity contribution in [2.75, 3.05) is 25.0 Å². The highest BCUT2D eigenvalue weighted by Crippen LogP contribution is 2.18. The van der Waals surface area contributed by atoms with Crippen LogP contribution in [0.4, 0.5) is 10.2 Å². The summed E-state index contributed by atoms with van der Waals surface area (Å²) in [7, 11) is 0. The number of nitrogens with one attached hydrogen (secondary N) is 2. The standard InChI is InChI=1S/C15H18FN5O/c16-11-2-4-21(9-11)15(22)13-6-12(8-19-13)20-14-5-10(7-17)1-3-18-14/h1,3,5,11-13,19H,2,4,6,8-9H2,(H,18,20)/t11?,12-,13-/m0/s1. The minimum Gasteiger partial charge on any atom is -0.366 e. The fraction of sp³-hybridized carbons (Fsp3) is 0.533. The Morgan fingerprint density at radius 3 is 3.18 bits per heavy atom. The Morgan fingerprint density at radius 2 is 2.45 bits per heavy atom. The zero-order valence-electron chi connectivity index (χ0n) is 12.1. The molecule has 2 N–H and O–H groups in total. The molecule has 1 aromatic heterocycles. The number of aromatic nitrogens is 1. The summed E-state index contributed by atoms with van der Waals surface area (Å²) in [6.07, 6.45) is 1.75. The third-order valence-electron chi connectivity index (χ3n) is 4.11. The van der Waals surface area contributed by atoms with E-state index < -0.39 is 6.17 Å². The SMILES string of the molecule is N#Cc1ccnc(N[C@@H]2CN[C@H](C(=O)N3CCC(F)C3)C2)c1. The Morgan fingerprint density at radius 1 is 1.59 bits per heavy atom. The molecule has 7 heteroatoms. The van der Waals surface area contributed by atoms with Crippen LogP contribution in [0.2, 0.25) is 0 Å². The second-order valence-corrected chi connectivity index (χ2v) is 5.75. The third-order valence-corrected chi connectivity index (χ3v) is 4.11. The minimum atomic E-state index is -0.891. The number of halogens is 1. The number of alkyl halides is 1. The molecule has 2 aliphatic rings. The van der Waals surface area contributed by atoms with Gasteiger partial charge in [-0.2, -0.15) is 5.26 Å². The van der Waals surface area contributed by atoms with Crippen LogP contribution >= 0.6 is 0 Å². The molecule has 2 aliphatic heterocycles. The van der Waals surface area contributed by atoms with Crippen LogP contribution in [0.15, 0.2) is 18.3 Å². The number of carbonyl (C=O) groups excluding carboxylic acids is 1. The maximum absolute atomic E-state index is 13.2. The molecule has 3 rings (SSSR count). The molecule has 0 aromatic carbocycles. The van der Waals surface area contributed by atoms with E-state index >= 15 is 0 Å². The Kier molecular flexibility index (Phi) is 4.20. The van der Waals surface area contributed by atoms with Crippen molar-refractivity contribution in [1.82, 2.24) is 15.2 Å². The summed E-state index contributed by atoms with van der Waals surface area (Å²) in [6.45, 7) is 1.35. The zero-order valence-corrected chi connectivity index (χ0v) is 12.1. The number of nitriles is 1. The largest absolute Gasteiger partial charge is 0.366 e. The van der Waals surface area contributed by atoms with Gasteiger partial charge < -0.3 is 15.5 Å². The highest BCUT2D eigenvalue weighted by Gasteiger charge is 2.35. The molecule has 2 fully saturated rings. The second-order valence-electron chi connectivity index (χ2n) is 5.75. The van der Waals surface area contributed by atoms with Crippen molar-refractivity contribution in [3.8, 4) is 6.07 Å². The van der Waals surface area contributed by atoms with Gasteiger partial charge in [0.15, 0.2) is 0 Å². The Bertz CT molecular complexity index is 602. The first-order chi connectivity index (χ1) is 10.7. The Labute approximate surface area is 128 Å². The van der Waals surface area contributed by atoms with Crippen LogP contribution in [0.25, 0.3) is 0 Å². The molecule has 116 valence electrons. The van der Waals surface area contributed by atoms with Gasteiger partial charge >= 0.3 is 0 Å². The van der Waals surface area contributed by atoms with E-state index in [1.54, 1.807) is 23.2 Å². The quantitative estimate of drug-likeness (QED) is 0.857. The molecule has 0 radical (unpaired) electrons. The second kappa shape index (κ2) is 6.28. The minimum absolute atomic E-state index is 0.0248. The van der Waals surface area contributed by atoms with Crippen molar-refractivity contribution in [2.24, 2.45) is 0 Å². The predicted molar refractivity (Wildman–Crippen MR) is 78.9 cm³/mol. The molecule has 0 bridgehead atoms. The van der Waals surface area contributed by atoms with Gasteiger partial charge in [-0.15, -0.1) is 0 Å². The van der Waals surface area contributed by atoms with Crippen molar-refractivity contribution >= 4 is 11.7 Å². The Balaban J connectivity index is 1.56. The van der Waals surface area contributed by atoms with E-state index in [0.717, 1.165) is 0 Å². The van der Waals surface area contributed by atoms with Crippen molar-refractivity contribution in [1.29, 1.82) is 5.26 Å². The number of hydrogen-bond donors (Lipinski definition) is 2. The van der Waals surface area contributed by atoms with Gasteiger partial charge in [0.1, 0.15) is 12.0 Å². The van der Waals surface area contributed by atoms with Gasteiger partial charge in [0.05, 0.1) is 24.2 Å². The van der Waals surface area contributed by atoms with E-state index in [4.69, 9.17) is 5.26 Å². The normalized spacial score (nSPS) is 27.6. The van der Waals surface area contributed by atoms with Crippen LogP contribution in [-0.4, -0.2) is 53.7 Å². The smallest absolute Gasteiger partial charge is 0.239 e. The van der Waals surface area contributed by atoms with Crippen molar-refractivity contribution < 1.29 is 9.18 Å². The predicted octanol–water partition coefficient (Wildman–Crippen LogP) is 0.666. The lowest BCUT2D eigenvalue weighted by Crippen LogP contribution is -2.42. The number of rotatable bonds is 3. The molecule has 1 amide bonds. The van der Waals surface area contributed by atoms with Gasteiger partial charge in [0.2, 0.25) is 5.91 Å². The average molecular weight is 303 g/mol. The summed E-state index contributed by atoms with van der Waals surface area (Å²) in [6, 6.07) is 5.19. The lowest BCUT2D eigenvalue weighted by molar-refractivity contribution is -0.132. The van der Waals surface area contributed by atoms with Crippen LogP contribution < -0.4 is 10.6 Å². The number of carbonyl (C=O) groups is 1. The number of anilines is 1. The molecule has 1 unspecified atom stereocenters. The molecule has 0 saturated carbocycles. The lowest BCUT2D eigenvalue weighted by atomic mass is 10.1. The summed E-state index contributed by atoms with van der Waals surface area (Å²) in [4.78, 5) is 18.1. The highest BCUT2D eigenvalue weighted by molar-refractivity contribution is 5.82. The van der Waals surface area contributed by atoms with Gasteiger partial charge in [0, 0.05) is 25.3 Å². The molecule has 6 nitrogen and oxygen atoms in total. The monoisotopic (exact) mass is 303 g/mol. The van der Waals surface area contributed by atoms with E-state index in [0.29, 0.717) is 37.3 Å². The number of amides is 1. The van der Waals surface area contributed by atoms with E-state index in [-0.39, 0.29) is 24.5 Å². The van der Waals surface area contributed by atoms with Crippen LogP contribution in [0.1, 0.15) is 18.4 Å². The number of pyridine rings is 1. The summed E-state index contributed by atoms with van der Waals surface area (Å²) in [5.74, 6) is 0.604. The van der Waals surface area contributed by atoms with Gasteiger partial charge in [-0.3, -0.25) is 4.79 Å². The zero-order chi connectivity index (χ0) is 15.5. The summed E-state index contributed by atoms with van der Waals surface area (Å²) in [5, 5.41) is 15.3. The van der Waals surface area contributed by atoms with Gasteiger partial charge in [-0.1, -0.05) is 0 Å². The average Bonchev–Trinajstić information content (AvgIpc) is 3.16. The van der Waals surface area contributed by atoms with Crippen LogP contribution in [0, 0.1) is 11.3 Å². The molecule has 3 atom stereocenters. The maximum atomic E-state index is 13.2. The van der Waals surface area contributed by atoms with E-state index in [2.05, 4.69) is 21.7 Å². The molecule has 22 heavy (non-hydrogen) atoms. The van der Waals surface area contributed by atoms with Gasteiger partial charge in [0.25, 0.3) is 0 Å². The molecule has 1 aromatic rings. The topological polar surface area (TPSA) is 81.0 Å². The van der Waals surface area contributed by atoms with E-state index in [9.17, 15) is 9.18 Å². The molecule has 0 aliphatic carbocycles. The highest BCUT2D eigenvalue weighted by atomic mass is 19.1. The van der Waals surface area contributed by atoms with E-state index in [1.807, 2.05) is 0 Å². The van der Waals surface area contributed by atoms with Crippen molar-refractivity contribution in [3.63, 3.8) is 0 Å². The number of hydrogen-bond acceptors (Lipinski definition) is 5. The lowest BCUT2D eigenvalue weighted by Gasteiger charge is -2.20. The molecule has 3 heterocycles. The first-order valence-corrected chi connectivity index (χ1v) is 7.44. The molecular formula is C15H18FN5O. The molecule has 0 spiro atoms. The number of likely N-dealkylation sites (tertiary alicyclic amines) is 1. The molecular weight excluding hydrogens is 285 g/mol. The van der Waals surface area contributed by atoms with Crippen molar-refractivity contribution in [3.05, 3.63) is 23.9 Å². The van der Waals surface area contributed by atoms with Crippen LogP contribution in [0.5, 0.6) is 0 Å². The van der Waals surface area contributed by atoms with E-state index in [1.165, 1.54) is 0 Å². The van der Waals surface area contributed by atoms with Crippen molar-refractivity contribution in [2.45, 2.75) is 31.1 Å². The van der Waals surface area contributed by atoms with Gasteiger partial charge in [-0.25, -0.2) is 9.37 Å². The fourth-order valence-electron chi connectivity index (χ4n) is 2.96. The number of nitrogens with zero attached hydrogens (tertiary/aromatic N) is 3. The first-order valence-electron chi connectivity index (χ1n) is 7.44. The summed E-state index contributed by atoms with van der Waals surface area (Å²) < 4.78 is 13.2. The van der Waals surface area contributed by atoms with Gasteiger partial charge in [-0.05, 0) is 25.0 Å². The summed E-state index contributed by atoms with van der Waals surface area (Å²) >= 11 is 0. The van der Waals surface area contributed by atoms with Crippen LogP contribution in [-0.2, 0) is 4.79 Å². The maximum Gasteiger partial charge on any atom is 0.239 e. The Hall–Kier alpha value is -2.20. The summed E-state index contributed by atoms with van der Waals surface area (Å²) in [5.41, 5.74) is 0.544. The molecule has 2 saturated heterocycles.